The predicted octanol–water partition coefficient (Wildman–Crippen LogP) is 2.63. The number of benzene rings is 1. The number of aryl methyl sites for hydroxylation is 1. The van der Waals surface area contributed by atoms with Gasteiger partial charge in [0.1, 0.15) is 4.48 Å². The molecule has 0 aromatic heterocycles. The molecule has 2 rings (SSSR count). The maximum absolute atomic E-state index is 11.4. The molecule has 1 aromatic rings. The summed E-state index contributed by atoms with van der Waals surface area (Å²) in [6.45, 7) is 2.01. The fourth-order valence-corrected chi connectivity index (χ4v) is 2.09. The summed E-state index contributed by atoms with van der Waals surface area (Å²) < 4.78 is 10.6. The highest BCUT2D eigenvalue weighted by atomic mass is 79.9. The maximum atomic E-state index is 11.4. The molecule has 1 heterocycles. The van der Waals surface area contributed by atoms with Crippen LogP contribution in [0.3, 0.4) is 0 Å². The number of hydrogen-bond donors (Lipinski definition) is 0. The van der Waals surface area contributed by atoms with E-state index in [1.54, 1.807) is 0 Å². The minimum Gasteiger partial charge on any atom is -0.427 e. The molecule has 1 unspecified atom stereocenters. The van der Waals surface area contributed by atoms with Crippen molar-refractivity contribution in [1.82, 2.24) is 0 Å². The van der Waals surface area contributed by atoms with Crippen LogP contribution in [0.1, 0.15) is 11.1 Å². The molecule has 84 valence electrons. The normalized spacial score (nSPS) is 20.2. The van der Waals surface area contributed by atoms with E-state index in [-0.39, 0.29) is 5.97 Å². The van der Waals surface area contributed by atoms with E-state index in [2.05, 4.69) is 15.9 Å². The van der Waals surface area contributed by atoms with Crippen molar-refractivity contribution in [2.75, 3.05) is 7.11 Å². The van der Waals surface area contributed by atoms with Crippen molar-refractivity contribution in [3.8, 4) is 0 Å². The van der Waals surface area contributed by atoms with Crippen molar-refractivity contribution in [2.45, 2.75) is 13.2 Å². The van der Waals surface area contributed by atoms with Gasteiger partial charge < -0.3 is 9.47 Å². The molecule has 0 fully saturated rings. The number of hydrogen-bond acceptors (Lipinski definition) is 3. The Bertz CT molecular complexity index is 448. The second kappa shape index (κ2) is 4.39. The first-order valence-electron chi connectivity index (χ1n) is 4.84. The molecule has 0 radical (unpaired) electrons. The molecule has 0 bridgehead atoms. The molecule has 0 aliphatic carbocycles. The van der Waals surface area contributed by atoms with Crippen LogP contribution in [-0.4, -0.2) is 19.4 Å². The number of rotatable bonds is 2. The molecule has 0 N–H and O–H groups in total. The molecular weight excluding hydrogens is 272 g/mol. The fourth-order valence-electron chi connectivity index (χ4n) is 1.58. The molecule has 1 aliphatic rings. The highest BCUT2D eigenvalue weighted by molar-refractivity contribution is 9.12. The molecule has 1 aromatic carbocycles. The third kappa shape index (κ3) is 1.90. The molecule has 4 heteroatoms. The summed E-state index contributed by atoms with van der Waals surface area (Å²) in [5.74, 6) is -0.387. The molecule has 0 amide bonds. The molecule has 16 heavy (non-hydrogen) atoms. The summed E-state index contributed by atoms with van der Waals surface area (Å²) in [6, 6.07) is 7.86. The van der Waals surface area contributed by atoms with E-state index in [0.717, 1.165) is 11.1 Å². The van der Waals surface area contributed by atoms with Crippen LogP contribution in [-0.2, 0) is 14.3 Å². The average molecular weight is 283 g/mol. The number of cyclic esters (lactones) is 1. The van der Waals surface area contributed by atoms with Crippen LogP contribution in [0.2, 0.25) is 0 Å². The van der Waals surface area contributed by atoms with Crippen LogP contribution in [0, 0.1) is 6.92 Å². The molecule has 0 spiro atoms. The first kappa shape index (κ1) is 11.4. The van der Waals surface area contributed by atoms with Crippen molar-refractivity contribution in [3.05, 3.63) is 39.9 Å². The summed E-state index contributed by atoms with van der Waals surface area (Å²) in [5.41, 5.74) is 2.84. The van der Waals surface area contributed by atoms with Gasteiger partial charge >= 0.3 is 5.97 Å². The summed E-state index contributed by atoms with van der Waals surface area (Å²) in [7, 11) is 1.51. The second-order valence-electron chi connectivity index (χ2n) is 3.57. The van der Waals surface area contributed by atoms with E-state index in [4.69, 9.17) is 9.47 Å². The van der Waals surface area contributed by atoms with Crippen molar-refractivity contribution >= 4 is 27.5 Å². The highest BCUT2D eigenvalue weighted by Crippen LogP contribution is 2.35. The minimum absolute atomic E-state index is 0.387. The number of carbonyl (C=O) groups excluding carboxylic acids is 1. The Hall–Kier alpha value is -1.13. The van der Waals surface area contributed by atoms with Crippen molar-refractivity contribution in [3.63, 3.8) is 0 Å². The largest absolute Gasteiger partial charge is 0.427 e. The average Bonchev–Trinajstić information content (AvgIpc) is 2.57. The first-order chi connectivity index (χ1) is 7.63. The van der Waals surface area contributed by atoms with Crippen LogP contribution < -0.4 is 0 Å². The number of carbonyl (C=O) groups is 1. The number of methoxy groups -OCH3 is 1. The summed E-state index contributed by atoms with van der Waals surface area (Å²) in [5, 5.41) is 0. The Labute approximate surface area is 102 Å². The Morgan fingerprint density at radius 1 is 1.31 bits per heavy atom. The van der Waals surface area contributed by atoms with Crippen LogP contribution in [0.15, 0.2) is 28.7 Å². The zero-order chi connectivity index (χ0) is 11.7. The highest BCUT2D eigenvalue weighted by Gasteiger charge is 2.33. The lowest BCUT2D eigenvalue weighted by atomic mass is 10.0. The van der Waals surface area contributed by atoms with Gasteiger partial charge in [0.05, 0.1) is 0 Å². The van der Waals surface area contributed by atoms with E-state index >= 15 is 0 Å². The summed E-state index contributed by atoms with van der Waals surface area (Å²) in [4.78, 5) is 11.4. The minimum atomic E-state index is -0.621. The number of esters is 1. The molecule has 1 aliphatic heterocycles. The number of halogens is 1. The van der Waals surface area contributed by atoms with E-state index < -0.39 is 6.29 Å². The van der Waals surface area contributed by atoms with Crippen LogP contribution in [0.25, 0.3) is 5.57 Å². The maximum Gasteiger partial charge on any atom is 0.348 e. The Balaban J connectivity index is 2.45. The smallest absolute Gasteiger partial charge is 0.348 e. The van der Waals surface area contributed by atoms with Crippen molar-refractivity contribution in [1.29, 1.82) is 0 Å². The summed E-state index contributed by atoms with van der Waals surface area (Å²) in [6.07, 6.45) is -0.621. The lowest BCUT2D eigenvalue weighted by Crippen LogP contribution is -2.13. The van der Waals surface area contributed by atoms with Crippen LogP contribution in [0.5, 0.6) is 0 Å². The van der Waals surface area contributed by atoms with Gasteiger partial charge in [-0.25, -0.2) is 4.79 Å². The van der Waals surface area contributed by atoms with Crippen molar-refractivity contribution in [2.24, 2.45) is 0 Å². The van der Waals surface area contributed by atoms with Gasteiger partial charge in [0.2, 0.25) is 6.29 Å². The monoisotopic (exact) mass is 282 g/mol. The zero-order valence-corrected chi connectivity index (χ0v) is 10.6. The molecule has 0 saturated heterocycles. The zero-order valence-electron chi connectivity index (χ0n) is 8.99. The molecule has 1 atom stereocenters. The first-order valence-corrected chi connectivity index (χ1v) is 5.63. The van der Waals surface area contributed by atoms with Gasteiger partial charge in [-0.15, -0.1) is 0 Å². The lowest BCUT2D eigenvalue weighted by molar-refractivity contribution is -0.153. The van der Waals surface area contributed by atoms with Gasteiger partial charge in [-0.3, -0.25) is 0 Å². The van der Waals surface area contributed by atoms with E-state index in [9.17, 15) is 4.79 Å². The van der Waals surface area contributed by atoms with Gasteiger partial charge in [0.25, 0.3) is 0 Å². The second-order valence-corrected chi connectivity index (χ2v) is 4.36. The lowest BCUT2D eigenvalue weighted by Gasteiger charge is -2.12. The fraction of sp³-hybridized carbons (Fsp3) is 0.250. The molecule has 3 nitrogen and oxygen atoms in total. The third-order valence-corrected chi connectivity index (χ3v) is 3.19. The van der Waals surface area contributed by atoms with Crippen LogP contribution >= 0.6 is 15.9 Å². The topological polar surface area (TPSA) is 35.5 Å². The molecular formula is C12H11BrO3. The predicted molar refractivity (Wildman–Crippen MR) is 63.9 cm³/mol. The summed E-state index contributed by atoms with van der Waals surface area (Å²) >= 11 is 3.23. The Kier molecular flexibility index (Phi) is 3.12. The van der Waals surface area contributed by atoms with E-state index in [1.165, 1.54) is 12.7 Å². The van der Waals surface area contributed by atoms with Gasteiger partial charge in [-0.1, -0.05) is 29.8 Å². The Morgan fingerprint density at radius 3 is 2.50 bits per heavy atom. The van der Waals surface area contributed by atoms with Gasteiger partial charge in [-0.2, -0.15) is 0 Å². The van der Waals surface area contributed by atoms with Gasteiger partial charge in [0.15, 0.2) is 0 Å². The molecule has 0 saturated carbocycles. The van der Waals surface area contributed by atoms with Crippen molar-refractivity contribution < 1.29 is 14.3 Å². The SMILES string of the molecule is COC1OC(=O)C(Br)=C1c1ccc(C)cc1. The van der Waals surface area contributed by atoms with Gasteiger partial charge in [-0.05, 0) is 28.4 Å². The Morgan fingerprint density at radius 2 is 1.94 bits per heavy atom. The third-order valence-electron chi connectivity index (χ3n) is 2.44. The van der Waals surface area contributed by atoms with E-state index in [0.29, 0.717) is 4.48 Å². The van der Waals surface area contributed by atoms with Crippen LogP contribution in [0.4, 0.5) is 0 Å². The quantitative estimate of drug-likeness (QED) is 0.783. The number of ether oxygens (including phenoxy) is 2. The van der Waals surface area contributed by atoms with Gasteiger partial charge in [0, 0.05) is 12.7 Å². The standard InChI is InChI=1S/C12H11BrO3/c1-7-3-5-8(6-4-7)9-10(13)11(14)16-12(9)15-2/h3-6,12H,1-2H3. The van der Waals surface area contributed by atoms with E-state index in [1.807, 2.05) is 31.2 Å².